The fraction of sp³-hybridized carbons (Fsp3) is 1.00. The monoisotopic (exact) mass is 98.0 g/mol. The molecule has 0 aromatic rings. The molecule has 0 spiro atoms. The zero-order chi connectivity index (χ0) is 5.21. The Labute approximate surface area is 34.0 Å². The van der Waals surface area contributed by atoms with Crippen molar-refractivity contribution in [3.05, 3.63) is 0 Å². The van der Waals surface area contributed by atoms with E-state index >= 15 is 0 Å². The first-order chi connectivity index (χ1) is 2.56. The molecule has 0 radical (unpaired) electrons. The first-order valence-electron chi connectivity index (χ1n) is 1.63. The Morgan fingerprint density at radius 1 is 1.33 bits per heavy atom. The van der Waals surface area contributed by atoms with E-state index in [9.17, 15) is 13.2 Å². The van der Waals surface area contributed by atoms with Crippen molar-refractivity contribution >= 4 is 0 Å². The lowest BCUT2D eigenvalue weighted by molar-refractivity contribution is -0.130. The first-order valence-corrected chi connectivity index (χ1v) is 1.63. The van der Waals surface area contributed by atoms with Crippen molar-refractivity contribution in [3.8, 4) is 0 Å². The van der Waals surface area contributed by atoms with Crippen LogP contribution in [0, 0.1) is 0 Å². The van der Waals surface area contributed by atoms with Gasteiger partial charge in [-0.1, -0.05) is 6.92 Å². The predicted octanol–water partition coefficient (Wildman–Crippen LogP) is 1.96. The van der Waals surface area contributed by atoms with Crippen LogP contribution in [0.25, 0.3) is 0 Å². The maximum atomic E-state index is 10.8. The molecule has 0 nitrogen and oxygen atoms in total. The molecule has 0 unspecified atom stereocenters. The van der Waals surface area contributed by atoms with Crippen LogP contribution >= 0.6 is 0 Å². The number of alkyl halides is 3. The molecule has 6 heavy (non-hydrogen) atoms. The number of hydrogen-bond donors (Lipinski definition) is 0. The highest BCUT2D eigenvalue weighted by Crippen LogP contribution is 2.17. The van der Waals surface area contributed by atoms with Crippen molar-refractivity contribution in [1.29, 1.82) is 0 Å². The van der Waals surface area contributed by atoms with Gasteiger partial charge in [-0.3, -0.25) is 0 Å². The van der Waals surface area contributed by atoms with Crippen LogP contribution in [0.2, 0.25) is 0 Å². The summed E-state index contributed by atoms with van der Waals surface area (Å²) in [5.41, 5.74) is 0. The summed E-state index contributed by atoms with van der Waals surface area (Å²) in [7, 11) is 0. The lowest BCUT2D eigenvalue weighted by atomic mass is 10.5. The minimum absolute atomic E-state index is 0.729. The lowest BCUT2D eigenvalue weighted by Gasteiger charge is -1.96. The van der Waals surface area contributed by atoms with Crippen LogP contribution in [-0.4, -0.2) is 6.18 Å². The van der Waals surface area contributed by atoms with Crippen molar-refractivity contribution in [1.82, 2.24) is 0 Å². The lowest BCUT2D eigenvalue weighted by Crippen LogP contribution is -2.02. The Morgan fingerprint density at radius 2 is 1.50 bits per heavy atom. The molecule has 0 bridgehead atoms. The molecule has 0 saturated carbocycles. The fourth-order valence-electron chi connectivity index (χ4n) is 0. The Balaban J connectivity index is 3.17. The molecule has 0 fully saturated rings. The Kier molecular flexibility index (Phi) is 1.44. The van der Waals surface area contributed by atoms with Crippen molar-refractivity contribution in [3.63, 3.8) is 0 Å². The molecule has 0 rings (SSSR count). The highest BCUT2D eigenvalue weighted by Gasteiger charge is 2.22. The van der Waals surface area contributed by atoms with E-state index in [1.165, 1.54) is 0 Å². The van der Waals surface area contributed by atoms with Crippen LogP contribution in [0.4, 0.5) is 13.2 Å². The Bertz CT molecular complexity index is 35.8. The van der Waals surface area contributed by atoms with Gasteiger partial charge in [-0.15, -0.1) is 0 Å². The molecule has 3 heteroatoms. The van der Waals surface area contributed by atoms with Crippen molar-refractivity contribution in [2.45, 2.75) is 19.5 Å². The van der Waals surface area contributed by atoms with Crippen LogP contribution in [0.15, 0.2) is 0 Å². The zero-order valence-electron chi connectivity index (χ0n) is 3.34. The maximum Gasteiger partial charge on any atom is 0.388 e. The molecule has 0 aliphatic heterocycles. The molecular weight excluding hydrogens is 93.0 g/mol. The van der Waals surface area contributed by atoms with Crippen LogP contribution in [0.3, 0.4) is 0 Å². The summed E-state index contributed by atoms with van der Waals surface area (Å²) in [4.78, 5) is 0. The summed E-state index contributed by atoms with van der Waals surface area (Å²) in [6.07, 6.45) is -4.69. The van der Waals surface area contributed by atoms with Gasteiger partial charge in [0, 0.05) is 6.42 Å². The molecule has 0 saturated heterocycles. The predicted molar refractivity (Wildman–Crippen MR) is 16.3 cm³/mol. The molecule has 0 amide bonds. The minimum atomic E-state index is -3.96. The van der Waals surface area contributed by atoms with Crippen LogP contribution in [-0.2, 0) is 0 Å². The third kappa shape index (κ3) is 3.79. The normalized spacial score (nSPS) is 12.0. The average Bonchev–Trinajstić information content (AvgIpc) is 1.35. The summed E-state index contributed by atoms with van der Waals surface area (Å²) in [5, 5.41) is 0. The second-order valence-electron chi connectivity index (χ2n) is 0.969. The molecule has 0 aliphatic rings. The highest BCUT2D eigenvalue weighted by atomic mass is 19.4. The van der Waals surface area contributed by atoms with E-state index in [0.717, 1.165) is 6.92 Å². The topological polar surface area (TPSA) is 0 Å². The molecular formula is C3H5F3. The smallest absolute Gasteiger partial charge is 0.171 e. The van der Waals surface area contributed by atoms with Crippen LogP contribution < -0.4 is 0 Å². The second-order valence-corrected chi connectivity index (χ2v) is 0.969. The maximum absolute atomic E-state index is 10.8. The summed E-state index contributed by atoms with van der Waals surface area (Å²) < 4.78 is 32.4. The molecule has 0 heterocycles. The molecule has 0 aliphatic carbocycles. The molecule has 38 valence electrons. The largest absolute Gasteiger partial charge is 0.388 e. The van der Waals surface area contributed by atoms with Gasteiger partial charge in [0.05, 0.1) is 0 Å². The van der Waals surface area contributed by atoms with Gasteiger partial charge in [-0.25, -0.2) is 0 Å². The number of halogens is 3. The molecule has 0 aromatic carbocycles. The molecule has 0 aromatic heterocycles. The summed E-state index contributed by atoms with van der Waals surface area (Å²) in [5.74, 6) is 0. The van der Waals surface area contributed by atoms with E-state index in [2.05, 4.69) is 0 Å². The third-order valence-corrected chi connectivity index (χ3v) is 0.401. The van der Waals surface area contributed by atoms with Crippen LogP contribution in [0.1, 0.15) is 13.3 Å². The Hall–Kier alpha value is -0.210. The van der Waals surface area contributed by atoms with E-state index < -0.39 is 12.6 Å². The molecule has 0 atom stereocenters. The van der Waals surface area contributed by atoms with E-state index in [0.29, 0.717) is 0 Å². The van der Waals surface area contributed by atoms with Gasteiger partial charge in [-0.2, -0.15) is 13.2 Å². The number of hydrogen-bond acceptors (Lipinski definition) is 0. The van der Waals surface area contributed by atoms with Gasteiger partial charge < -0.3 is 0 Å². The summed E-state index contributed by atoms with van der Waals surface area (Å²) in [6.45, 7) is 1.08. The van der Waals surface area contributed by atoms with Gasteiger partial charge in [0.25, 0.3) is 0 Å². The van der Waals surface area contributed by atoms with Gasteiger partial charge >= 0.3 is 6.18 Å². The first kappa shape index (κ1) is 5.79. The van der Waals surface area contributed by atoms with Crippen molar-refractivity contribution in [2.75, 3.05) is 0 Å². The average molecular weight is 98.1 g/mol. The molecule has 0 N–H and O–H groups in total. The van der Waals surface area contributed by atoms with Gasteiger partial charge in [0.15, 0.2) is 0 Å². The summed E-state index contributed by atoms with van der Waals surface area (Å²) in [6, 6.07) is 0. The van der Waals surface area contributed by atoms with Gasteiger partial charge in [-0.05, 0) is 0 Å². The highest BCUT2D eigenvalue weighted by molar-refractivity contribution is 4.39. The Morgan fingerprint density at radius 3 is 1.50 bits per heavy atom. The SMILES string of the molecule is CCC(F)(F)F. The second kappa shape index (κ2) is 1.49. The number of rotatable bonds is 0. The quantitative estimate of drug-likeness (QED) is 0.434. The van der Waals surface area contributed by atoms with Crippen LogP contribution in [0.5, 0.6) is 0 Å². The summed E-state index contributed by atoms with van der Waals surface area (Å²) >= 11 is 0. The van der Waals surface area contributed by atoms with E-state index in [4.69, 9.17) is 0 Å². The van der Waals surface area contributed by atoms with Gasteiger partial charge in [0.1, 0.15) is 0 Å². The third-order valence-electron chi connectivity index (χ3n) is 0.401. The van der Waals surface area contributed by atoms with E-state index in [1.54, 1.807) is 0 Å². The van der Waals surface area contributed by atoms with Crippen molar-refractivity contribution < 1.29 is 13.2 Å². The fourth-order valence-corrected chi connectivity index (χ4v) is 0. The van der Waals surface area contributed by atoms with E-state index in [-0.39, 0.29) is 0 Å². The minimum Gasteiger partial charge on any atom is -0.171 e. The zero-order valence-corrected chi connectivity index (χ0v) is 3.34. The van der Waals surface area contributed by atoms with E-state index in [1.807, 2.05) is 0 Å². The van der Waals surface area contributed by atoms with Gasteiger partial charge in [0.2, 0.25) is 0 Å². The van der Waals surface area contributed by atoms with Crippen molar-refractivity contribution in [2.24, 2.45) is 0 Å². The standard InChI is InChI=1S/C3H5F3/c1-2-3(4,5)6/h2H2,1H3.